The van der Waals surface area contributed by atoms with Crippen molar-refractivity contribution in [1.82, 2.24) is 15.1 Å². The predicted molar refractivity (Wildman–Crippen MR) is 70.5 cm³/mol. The molecule has 0 radical (unpaired) electrons. The van der Waals surface area contributed by atoms with E-state index in [9.17, 15) is 8.42 Å². The minimum absolute atomic E-state index is 0.158. The van der Waals surface area contributed by atoms with Gasteiger partial charge in [-0.05, 0) is 6.92 Å². The molecule has 1 rings (SSSR count). The average molecular weight is 275 g/mol. The molecular weight excluding hydrogens is 254 g/mol. The van der Waals surface area contributed by atoms with Crippen LogP contribution in [-0.2, 0) is 23.4 Å². The zero-order valence-electron chi connectivity index (χ0n) is 11.4. The van der Waals surface area contributed by atoms with Gasteiger partial charge in [0, 0.05) is 25.9 Å². The van der Waals surface area contributed by atoms with Crippen molar-refractivity contribution in [2.24, 2.45) is 7.05 Å². The molecular formula is C11H21N3O3S. The van der Waals surface area contributed by atoms with Gasteiger partial charge in [-0.1, -0.05) is 6.92 Å². The fourth-order valence-electron chi connectivity index (χ4n) is 1.73. The Balaban J connectivity index is 2.54. The van der Waals surface area contributed by atoms with Gasteiger partial charge < -0.3 is 10.1 Å². The topological polar surface area (TPSA) is 73.2 Å². The Labute approximate surface area is 108 Å². The van der Waals surface area contributed by atoms with Gasteiger partial charge in [-0.15, -0.1) is 0 Å². The third kappa shape index (κ3) is 3.71. The molecule has 0 saturated carbocycles. The van der Waals surface area contributed by atoms with E-state index in [-0.39, 0.29) is 11.5 Å². The molecule has 0 spiro atoms. The van der Waals surface area contributed by atoms with Crippen LogP contribution >= 0.6 is 0 Å². The minimum atomic E-state index is -2.91. The van der Waals surface area contributed by atoms with E-state index in [0.717, 1.165) is 11.3 Å². The van der Waals surface area contributed by atoms with Gasteiger partial charge in [0.1, 0.15) is 0 Å². The van der Waals surface area contributed by atoms with Crippen LogP contribution in [0.15, 0.2) is 0 Å². The molecule has 0 amide bonds. The van der Waals surface area contributed by atoms with E-state index in [2.05, 4.69) is 10.4 Å². The Morgan fingerprint density at radius 3 is 2.67 bits per heavy atom. The highest BCUT2D eigenvalue weighted by molar-refractivity contribution is 7.91. The van der Waals surface area contributed by atoms with Gasteiger partial charge in [-0.2, -0.15) is 5.10 Å². The van der Waals surface area contributed by atoms with Crippen molar-refractivity contribution in [3.8, 4) is 5.88 Å². The molecule has 0 atom stereocenters. The number of ether oxygens (including phenoxy) is 1. The zero-order valence-corrected chi connectivity index (χ0v) is 12.2. The quantitative estimate of drug-likeness (QED) is 0.723. The van der Waals surface area contributed by atoms with Crippen LogP contribution < -0.4 is 10.1 Å². The first kappa shape index (κ1) is 15.0. The maximum atomic E-state index is 11.3. The lowest BCUT2D eigenvalue weighted by Gasteiger charge is -2.07. The molecule has 0 aliphatic rings. The van der Waals surface area contributed by atoms with Crippen molar-refractivity contribution in [2.75, 3.05) is 25.2 Å². The molecule has 0 aliphatic carbocycles. The van der Waals surface area contributed by atoms with E-state index in [4.69, 9.17) is 4.74 Å². The Morgan fingerprint density at radius 1 is 1.44 bits per heavy atom. The van der Waals surface area contributed by atoms with E-state index in [1.807, 2.05) is 14.0 Å². The molecule has 1 N–H and O–H groups in total. The molecule has 104 valence electrons. The molecule has 1 aromatic rings. The Kier molecular flexibility index (Phi) is 5.15. The summed E-state index contributed by atoms with van der Waals surface area (Å²) in [5, 5.41) is 7.37. The molecule has 0 fully saturated rings. The van der Waals surface area contributed by atoms with Crippen LogP contribution in [0.4, 0.5) is 0 Å². The second kappa shape index (κ2) is 6.19. The van der Waals surface area contributed by atoms with E-state index in [1.54, 1.807) is 18.7 Å². The maximum absolute atomic E-state index is 11.3. The summed E-state index contributed by atoms with van der Waals surface area (Å²) < 4.78 is 29.6. The number of nitrogens with zero attached hydrogens (tertiary/aromatic N) is 2. The summed E-state index contributed by atoms with van der Waals surface area (Å²) in [6.07, 6.45) is 0. The van der Waals surface area contributed by atoms with E-state index < -0.39 is 9.84 Å². The number of hydrogen-bond donors (Lipinski definition) is 1. The second-order valence-corrected chi connectivity index (χ2v) is 6.58. The van der Waals surface area contributed by atoms with Crippen molar-refractivity contribution < 1.29 is 13.2 Å². The number of aryl methyl sites for hydroxylation is 2. The molecule has 1 heterocycles. The lowest BCUT2D eigenvalue weighted by Crippen LogP contribution is -2.23. The van der Waals surface area contributed by atoms with Crippen LogP contribution in [0.5, 0.6) is 5.88 Å². The number of aromatic nitrogens is 2. The number of hydrogen-bond acceptors (Lipinski definition) is 5. The number of nitrogens with one attached hydrogen (secondary N) is 1. The van der Waals surface area contributed by atoms with Crippen molar-refractivity contribution in [3.63, 3.8) is 0 Å². The molecule has 0 aliphatic heterocycles. The minimum Gasteiger partial charge on any atom is -0.481 e. The zero-order chi connectivity index (χ0) is 13.8. The van der Waals surface area contributed by atoms with Gasteiger partial charge in [0.15, 0.2) is 9.84 Å². The molecule has 18 heavy (non-hydrogen) atoms. The number of sulfone groups is 1. The predicted octanol–water partition coefficient (Wildman–Crippen LogP) is 0.261. The van der Waals surface area contributed by atoms with E-state index in [1.165, 1.54) is 0 Å². The van der Waals surface area contributed by atoms with Crippen molar-refractivity contribution in [3.05, 3.63) is 11.3 Å². The van der Waals surface area contributed by atoms with Gasteiger partial charge in [-0.25, -0.2) is 13.1 Å². The molecule has 6 nitrogen and oxygen atoms in total. The van der Waals surface area contributed by atoms with E-state index in [0.29, 0.717) is 19.0 Å². The van der Waals surface area contributed by atoms with Crippen LogP contribution in [0.2, 0.25) is 0 Å². The van der Waals surface area contributed by atoms with Crippen molar-refractivity contribution in [1.29, 1.82) is 0 Å². The summed E-state index contributed by atoms with van der Waals surface area (Å²) >= 11 is 0. The van der Waals surface area contributed by atoms with Gasteiger partial charge in [0.05, 0.1) is 24.1 Å². The van der Waals surface area contributed by atoms with Gasteiger partial charge in [0.2, 0.25) is 5.88 Å². The van der Waals surface area contributed by atoms with Crippen LogP contribution in [0.1, 0.15) is 18.2 Å². The first-order valence-corrected chi connectivity index (χ1v) is 7.71. The largest absolute Gasteiger partial charge is 0.481 e. The fourth-order valence-corrected chi connectivity index (χ4v) is 2.47. The third-order valence-electron chi connectivity index (χ3n) is 2.81. The normalized spacial score (nSPS) is 11.8. The third-order valence-corrected chi connectivity index (χ3v) is 4.52. The highest BCUT2D eigenvalue weighted by Gasteiger charge is 2.13. The maximum Gasteiger partial charge on any atom is 0.216 e. The van der Waals surface area contributed by atoms with Crippen LogP contribution in [0, 0.1) is 6.92 Å². The molecule has 0 bridgehead atoms. The lowest BCUT2D eigenvalue weighted by atomic mass is 10.2. The Bertz CT molecular complexity index is 494. The standard InChI is InChI=1S/C11H21N3O3S/c1-5-18(15,16)7-6-12-8-10-9(2)13-14(3)11(10)17-4/h12H,5-8H2,1-4H3. The monoisotopic (exact) mass is 275 g/mol. The summed E-state index contributed by atoms with van der Waals surface area (Å²) in [4.78, 5) is 0. The highest BCUT2D eigenvalue weighted by atomic mass is 32.2. The first-order valence-electron chi connectivity index (χ1n) is 5.89. The Morgan fingerprint density at radius 2 is 2.11 bits per heavy atom. The SMILES string of the molecule is CCS(=O)(=O)CCNCc1c(C)nn(C)c1OC. The average Bonchev–Trinajstić information content (AvgIpc) is 2.59. The van der Waals surface area contributed by atoms with Crippen LogP contribution in [-0.4, -0.2) is 43.4 Å². The van der Waals surface area contributed by atoms with Crippen LogP contribution in [0.3, 0.4) is 0 Å². The summed E-state index contributed by atoms with van der Waals surface area (Å²) in [6.45, 7) is 4.56. The molecule has 0 aromatic carbocycles. The summed E-state index contributed by atoms with van der Waals surface area (Å²) in [7, 11) is 0.506. The van der Waals surface area contributed by atoms with Gasteiger partial charge in [-0.3, -0.25) is 0 Å². The smallest absolute Gasteiger partial charge is 0.216 e. The molecule has 0 unspecified atom stereocenters. The van der Waals surface area contributed by atoms with Gasteiger partial charge in [0.25, 0.3) is 0 Å². The number of methoxy groups -OCH3 is 1. The molecule has 1 aromatic heterocycles. The van der Waals surface area contributed by atoms with Crippen molar-refractivity contribution in [2.45, 2.75) is 20.4 Å². The van der Waals surface area contributed by atoms with E-state index >= 15 is 0 Å². The lowest BCUT2D eigenvalue weighted by molar-refractivity contribution is 0.368. The summed E-state index contributed by atoms with van der Waals surface area (Å²) in [6, 6.07) is 0. The van der Waals surface area contributed by atoms with Gasteiger partial charge >= 0.3 is 0 Å². The van der Waals surface area contributed by atoms with Crippen LogP contribution in [0.25, 0.3) is 0 Å². The van der Waals surface area contributed by atoms with Crippen molar-refractivity contribution >= 4 is 9.84 Å². The number of rotatable bonds is 7. The second-order valence-electron chi connectivity index (χ2n) is 4.11. The summed E-state index contributed by atoms with van der Waals surface area (Å²) in [5.74, 6) is 1.05. The highest BCUT2D eigenvalue weighted by Crippen LogP contribution is 2.20. The molecule has 7 heteroatoms. The molecule has 0 saturated heterocycles. The first-order chi connectivity index (χ1) is 8.41. The summed E-state index contributed by atoms with van der Waals surface area (Å²) in [5.41, 5.74) is 1.86. The fraction of sp³-hybridized carbons (Fsp3) is 0.727. The Hall–Kier alpha value is -1.08.